The van der Waals surface area contributed by atoms with Gasteiger partial charge in [-0.05, 0) is 29.3 Å². The van der Waals surface area contributed by atoms with Gasteiger partial charge in [0.15, 0.2) is 0 Å². The number of fused-ring (bicyclic) bond motifs is 1. The van der Waals surface area contributed by atoms with Crippen molar-refractivity contribution in [1.29, 1.82) is 0 Å². The van der Waals surface area contributed by atoms with E-state index in [0.29, 0.717) is 25.1 Å². The van der Waals surface area contributed by atoms with Gasteiger partial charge in [0.05, 0.1) is 19.3 Å². The third-order valence-corrected chi connectivity index (χ3v) is 5.73. The van der Waals surface area contributed by atoms with Gasteiger partial charge in [-0.3, -0.25) is 14.5 Å². The molecular weight excluding hydrogens is 354 g/mol. The average Bonchev–Trinajstić information content (AvgIpc) is 3.06. The van der Waals surface area contributed by atoms with Crippen molar-refractivity contribution in [1.82, 2.24) is 15.1 Å². The van der Waals surface area contributed by atoms with Crippen molar-refractivity contribution in [3.05, 3.63) is 47.5 Å². The zero-order valence-corrected chi connectivity index (χ0v) is 16.3. The molecule has 6 heteroatoms. The number of hydrogen-bond donors (Lipinski definition) is 1. The van der Waals surface area contributed by atoms with Gasteiger partial charge in [-0.1, -0.05) is 30.3 Å². The maximum atomic E-state index is 12.9. The fourth-order valence-electron chi connectivity index (χ4n) is 4.08. The van der Waals surface area contributed by atoms with Gasteiger partial charge in [-0.2, -0.15) is 0 Å². The lowest BCUT2D eigenvalue weighted by Gasteiger charge is -2.28. The number of aryl methyl sites for hydroxylation is 1. The lowest BCUT2D eigenvalue weighted by molar-refractivity contribution is -0.128. The third kappa shape index (κ3) is 4.03. The molecule has 0 spiro atoms. The fourth-order valence-corrected chi connectivity index (χ4v) is 4.08. The molecule has 4 rings (SSSR count). The van der Waals surface area contributed by atoms with Crippen LogP contribution < -0.4 is 5.32 Å². The van der Waals surface area contributed by atoms with Gasteiger partial charge in [-0.25, -0.2) is 0 Å². The van der Waals surface area contributed by atoms with E-state index in [1.165, 1.54) is 0 Å². The first-order valence-electron chi connectivity index (χ1n) is 9.99. The summed E-state index contributed by atoms with van der Waals surface area (Å²) >= 11 is 0. The number of nitrogens with one attached hydrogen (secondary N) is 1. The maximum Gasteiger partial charge on any atom is 0.252 e. The van der Waals surface area contributed by atoms with Crippen LogP contribution in [0.4, 0.5) is 0 Å². The van der Waals surface area contributed by atoms with Crippen molar-refractivity contribution in [2.75, 3.05) is 45.9 Å². The molecule has 1 N–H and O–H groups in total. The highest BCUT2D eigenvalue weighted by molar-refractivity contribution is 6.08. The average molecular weight is 381 g/mol. The first kappa shape index (κ1) is 18.9. The standard InChI is InChI=1S/C22H27N3O3/c1-16-6-7-20(19-5-3-2-4-18(16)19)22(27)23-17-14-21(26)25(15-17)9-8-24-10-12-28-13-11-24/h2-7,17H,8-15H2,1H3,(H,23,27). The van der Waals surface area contributed by atoms with Crippen LogP contribution >= 0.6 is 0 Å². The number of morpholine rings is 1. The van der Waals surface area contributed by atoms with Crippen LogP contribution in [0.3, 0.4) is 0 Å². The zero-order valence-electron chi connectivity index (χ0n) is 16.3. The van der Waals surface area contributed by atoms with Crippen LogP contribution in [-0.2, 0) is 9.53 Å². The zero-order chi connectivity index (χ0) is 19.5. The van der Waals surface area contributed by atoms with E-state index in [1.54, 1.807) is 0 Å². The summed E-state index contributed by atoms with van der Waals surface area (Å²) in [6.07, 6.45) is 0.374. The molecule has 2 saturated heterocycles. The Morgan fingerprint density at radius 1 is 1.11 bits per heavy atom. The summed E-state index contributed by atoms with van der Waals surface area (Å²) in [6, 6.07) is 11.7. The van der Waals surface area contributed by atoms with E-state index >= 15 is 0 Å². The minimum absolute atomic E-state index is 0.107. The van der Waals surface area contributed by atoms with Crippen LogP contribution in [0.25, 0.3) is 10.8 Å². The van der Waals surface area contributed by atoms with E-state index in [0.717, 1.165) is 49.2 Å². The Labute approximate surface area is 165 Å². The van der Waals surface area contributed by atoms with Crippen molar-refractivity contribution < 1.29 is 14.3 Å². The van der Waals surface area contributed by atoms with E-state index in [9.17, 15) is 9.59 Å². The third-order valence-electron chi connectivity index (χ3n) is 5.73. The van der Waals surface area contributed by atoms with Crippen LogP contribution in [0.5, 0.6) is 0 Å². The number of carbonyl (C=O) groups excluding carboxylic acids is 2. The van der Waals surface area contributed by atoms with E-state index in [2.05, 4.69) is 10.2 Å². The van der Waals surface area contributed by atoms with Gasteiger partial charge in [0.1, 0.15) is 0 Å². The van der Waals surface area contributed by atoms with Gasteiger partial charge in [0, 0.05) is 44.7 Å². The van der Waals surface area contributed by atoms with E-state index in [-0.39, 0.29) is 17.9 Å². The molecular formula is C22H27N3O3. The molecule has 0 aliphatic carbocycles. The summed E-state index contributed by atoms with van der Waals surface area (Å²) in [5.74, 6) is 0.0105. The van der Waals surface area contributed by atoms with Crippen molar-refractivity contribution in [2.45, 2.75) is 19.4 Å². The van der Waals surface area contributed by atoms with Crippen LogP contribution in [0, 0.1) is 6.92 Å². The number of benzene rings is 2. The Bertz CT molecular complexity index is 876. The Hall–Kier alpha value is -2.44. The van der Waals surface area contributed by atoms with Gasteiger partial charge in [-0.15, -0.1) is 0 Å². The van der Waals surface area contributed by atoms with Crippen molar-refractivity contribution >= 4 is 22.6 Å². The van der Waals surface area contributed by atoms with Crippen molar-refractivity contribution in [2.24, 2.45) is 0 Å². The Balaban J connectivity index is 1.38. The van der Waals surface area contributed by atoms with Gasteiger partial charge in [0.25, 0.3) is 5.91 Å². The minimum atomic E-state index is -0.134. The van der Waals surface area contributed by atoms with E-state index in [1.807, 2.05) is 48.2 Å². The molecule has 2 amide bonds. The summed E-state index contributed by atoms with van der Waals surface area (Å²) in [7, 11) is 0. The molecule has 2 aromatic carbocycles. The van der Waals surface area contributed by atoms with Crippen LogP contribution in [0.1, 0.15) is 22.3 Å². The summed E-state index contributed by atoms with van der Waals surface area (Å²) in [5.41, 5.74) is 1.82. The van der Waals surface area contributed by atoms with Gasteiger partial charge < -0.3 is 15.0 Å². The smallest absolute Gasteiger partial charge is 0.252 e. The highest BCUT2D eigenvalue weighted by Gasteiger charge is 2.31. The van der Waals surface area contributed by atoms with Gasteiger partial charge >= 0.3 is 0 Å². The van der Waals surface area contributed by atoms with E-state index in [4.69, 9.17) is 4.74 Å². The first-order chi connectivity index (χ1) is 13.6. The lowest BCUT2D eigenvalue weighted by Crippen LogP contribution is -2.42. The number of rotatable bonds is 5. The second-order valence-corrected chi connectivity index (χ2v) is 7.64. The molecule has 0 bridgehead atoms. The highest BCUT2D eigenvalue weighted by atomic mass is 16.5. The molecule has 28 heavy (non-hydrogen) atoms. The Kier molecular flexibility index (Phi) is 5.59. The summed E-state index contributed by atoms with van der Waals surface area (Å²) in [5, 5.41) is 5.11. The largest absolute Gasteiger partial charge is 0.379 e. The molecule has 2 aromatic rings. The molecule has 2 fully saturated rings. The SMILES string of the molecule is Cc1ccc(C(=O)NC2CC(=O)N(CCN3CCOCC3)C2)c2ccccc12. The van der Waals surface area contributed by atoms with Gasteiger partial charge in [0.2, 0.25) is 5.91 Å². The fraction of sp³-hybridized carbons (Fsp3) is 0.455. The first-order valence-corrected chi connectivity index (χ1v) is 9.99. The summed E-state index contributed by atoms with van der Waals surface area (Å²) in [6.45, 7) is 7.56. The molecule has 0 radical (unpaired) electrons. The number of likely N-dealkylation sites (tertiary alicyclic amines) is 1. The Morgan fingerprint density at radius 2 is 1.86 bits per heavy atom. The van der Waals surface area contributed by atoms with Crippen LogP contribution in [0.2, 0.25) is 0 Å². The van der Waals surface area contributed by atoms with Crippen molar-refractivity contribution in [3.63, 3.8) is 0 Å². The van der Waals surface area contributed by atoms with Crippen molar-refractivity contribution in [3.8, 4) is 0 Å². The number of ether oxygens (including phenoxy) is 1. The Morgan fingerprint density at radius 3 is 2.64 bits per heavy atom. The molecule has 1 unspecified atom stereocenters. The second-order valence-electron chi connectivity index (χ2n) is 7.64. The van der Waals surface area contributed by atoms with Crippen LogP contribution in [-0.4, -0.2) is 73.6 Å². The maximum absolute atomic E-state index is 12.9. The monoisotopic (exact) mass is 381 g/mol. The molecule has 148 valence electrons. The quantitative estimate of drug-likeness (QED) is 0.858. The predicted octanol–water partition coefficient (Wildman–Crippen LogP) is 1.81. The van der Waals surface area contributed by atoms with Crippen LogP contribution in [0.15, 0.2) is 36.4 Å². The lowest BCUT2D eigenvalue weighted by atomic mass is 9.99. The minimum Gasteiger partial charge on any atom is -0.379 e. The number of amides is 2. The predicted molar refractivity (Wildman–Crippen MR) is 108 cm³/mol. The molecule has 1 atom stereocenters. The number of hydrogen-bond acceptors (Lipinski definition) is 4. The summed E-state index contributed by atoms with van der Waals surface area (Å²) in [4.78, 5) is 29.4. The molecule has 2 heterocycles. The van der Waals surface area contributed by atoms with E-state index < -0.39 is 0 Å². The highest BCUT2D eigenvalue weighted by Crippen LogP contribution is 2.23. The molecule has 6 nitrogen and oxygen atoms in total. The summed E-state index contributed by atoms with van der Waals surface area (Å²) < 4.78 is 5.36. The molecule has 2 aliphatic rings. The number of nitrogens with zero attached hydrogens (tertiary/aromatic N) is 2. The molecule has 2 aliphatic heterocycles. The molecule has 0 aromatic heterocycles. The molecule has 0 saturated carbocycles. The normalized spacial score (nSPS) is 20.7. The topological polar surface area (TPSA) is 61.9 Å². The second kappa shape index (κ2) is 8.29. The number of carbonyl (C=O) groups is 2.